The molecule has 0 radical (unpaired) electrons. The number of anilines is 1. The first-order chi connectivity index (χ1) is 14.4. The number of hydrogen-bond acceptors (Lipinski definition) is 3. The van der Waals surface area contributed by atoms with Gasteiger partial charge < -0.3 is 4.57 Å². The third-order valence-corrected chi connectivity index (χ3v) is 5.47. The van der Waals surface area contributed by atoms with Crippen molar-refractivity contribution in [2.24, 2.45) is 0 Å². The maximum Gasteiger partial charge on any atom is 0.270 e. The molecule has 0 bridgehead atoms. The smallest absolute Gasteiger partial charge is 0.270 e. The number of para-hydroxylation sites is 1. The molecule has 5 nitrogen and oxygen atoms in total. The maximum atomic E-state index is 13.2. The molecule has 0 spiro atoms. The molecule has 7 heteroatoms. The van der Waals surface area contributed by atoms with Crippen molar-refractivity contribution < 1.29 is 9.59 Å². The molecule has 1 aromatic heterocycles. The Labute approximate surface area is 184 Å². The molecule has 4 rings (SSSR count). The topological polar surface area (TPSA) is 54.3 Å². The van der Waals surface area contributed by atoms with Crippen molar-refractivity contribution in [1.29, 1.82) is 0 Å². The number of carbonyl (C=O) groups excluding carboxylic acids is 2. The number of nitrogens with one attached hydrogen (secondary N) is 1. The predicted octanol–water partition coefficient (Wildman–Crippen LogP) is 4.58. The van der Waals surface area contributed by atoms with E-state index in [-0.39, 0.29) is 10.7 Å². The number of rotatable bonds is 3. The monoisotopic (exact) mass is 435 g/mol. The van der Waals surface area contributed by atoms with Gasteiger partial charge in [-0.15, -0.1) is 0 Å². The molecule has 2 amide bonds. The third kappa shape index (κ3) is 3.56. The Hall–Kier alpha value is -3.22. The lowest BCUT2D eigenvalue weighted by molar-refractivity contribution is -0.122. The van der Waals surface area contributed by atoms with Crippen LogP contribution in [0.5, 0.6) is 0 Å². The van der Waals surface area contributed by atoms with Crippen molar-refractivity contribution in [1.82, 2.24) is 9.88 Å². The molecule has 2 heterocycles. The first-order valence-electron chi connectivity index (χ1n) is 9.28. The Morgan fingerprint density at radius 2 is 1.67 bits per heavy atom. The van der Waals surface area contributed by atoms with Crippen molar-refractivity contribution in [2.45, 2.75) is 13.8 Å². The number of aromatic nitrogens is 1. The number of amides is 2. The van der Waals surface area contributed by atoms with E-state index in [0.717, 1.165) is 22.6 Å². The summed E-state index contributed by atoms with van der Waals surface area (Å²) in [5.41, 5.74) is 4.23. The molecule has 1 saturated heterocycles. The molecule has 3 aromatic rings. The van der Waals surface area contributed by atoms with Crippen LogP contribution in [0.4, 0.5) is 5.69 Å². The first kappa shape index (κ1) is 20.1. The van der Waals surface area contributed by atoms with Crippen LogP contribution in [0.2, 0.25) is 5.02 Å². The summed E-state index contributed by atoms with van der Waals surface area (Å²) in [6.45, 7) is 3.94. The first-order valence-corrected chi connectivity index (χ1v) is 10.1. The molecule has 1 N–H and O–H groups in total. The van der Waals surface area contributed by atoms with E-state index in [4.69, 9.17) is 23.8 Å². The zero-order valence-electron chi connectivity index (χ0n) is 16.3. The second-order valence-electron chi connectivity index (χ2n) is 6.94. The van der Waals surface area contributed by atoms with Crippen LogP contribution >= 0.6 is 23.8 Å². The Bertz CT molecular complexity index is 1210. The van der Waals surface area contributed by atoms with Crippen molar-refractivity contribution in [3.63, 3.8) is 0 Å². The summed E-state index contributed by atoms with van der Waals surface area (Å²) in [6, 6.07) is 18.6. The lowest BCUT2D eigenvalue weighted by Crippen LogP contribution is -2.54. The fourth-order valence-corrected chi connectivity index (χ4v) is 4.04. The Kier molecular flexibility index (Phi) is 5.28. The molecule has 1 aliphatic heterocycles. The Morgan fingerprint density at radius 1 is 0.967 bits per heavy atom. The molecule has 1 fully saturated rings. The van der Waals surface area contributed by atoms with Crippen molar-refractivity contribution in [3.05, 3.63) is 88.2 Å². The van der Waals surface area contributed by atoms with Crippen LogP contribution in [-0.2, 0) is 9.59 Å². The van der Waals surface area contributed by atoms with Gasteiger partial charge >= 0.3 is 0 Å². The molecule has 150 valence electrons. The van der Waals surface area contributed by atoms with Gasteiger partial charge in [0.15, 0.2) is 5.11 Å². The molecule has 30 heavy (non-hydrogen) atoms. The van der Waals surface area contributed by atoms with E-state index in [2.05, 4.69) is 9.88 Å². The van der Waals surface area contributed by atoms with Gasteiger partial charge in [0.2, 0.25) is 0 Å². The zero-order valence-corrected chi connectivity index (χ0v) is 17.9. The van der Waals surface area contributed by atoms with Gasteiger partial charge in [0.05, 0.1) is 5.69 Å². The quantitative estimate of drug-likeness (QED) is 0.372. The van der Waals surface area contributed by atoms with Crippen LogP contribution in [0.1, 0.15) is 17.0 Å². The molecule has 0 unspecified atom stereocenters. The number of aryl methyl sites for hydroxylation is 1. The average Bonchev–Trinajstić information content (AvgIpc) is 2.99. The van der Waals surface area contributed by atoms with Crippen LogP contribution in [0.3, 0.4) is 0 Å². The van der Waals surface area contributed by atoms with Crippen LogP contribution < -0.4 is 10.2 Å². The summed E-state index contributed by atoms with van der Waals surface area (Å²) in [5, 5.41) is 3.10. The van der Waals surface area contributed by atoms with Gasteiger partial charge in [-0.25, -0.2) is 0 Å². The van der Waals surface area contributed by atoms with Crippen LogP contribution in [0.15, 0.2) is 66.2 Å². The van der Waals surface area contributed by atoms with Crippen molar-refractivity contribution in [3.8, 4) is 5.69 Å². The maximum absolute atomic E-state index is 13.2. The lowest BCUT2D eigenvalue weighted by atomic mass is 10.1. The summed E-state index contributed by atoms with van der Waals surface area (Å²) >= 11 is 11.3. The average molecular weight is 436 g/mol. The molecule has 2 aromatic carbocycles. The van der Waals surface area contributed by atoms with Crippen LogP contribution in [-0.4, -0.2) is 21.5 Å². The highest BCUT2D eigenvalue weighted by atomic mass is 35.5. The van der Waals surface area contributed by atoms with Gasteiger partial charge in [-0.2, -0.15) is 0 Å². The molecule has 0 saturated carbocycles. The van der Waals surface area contributed by atoms with Crippen molar-refractivity contribution >= 4 is 52.5 Å². The molecule has 0 aliphatic carbocycles. The van der Waals surface area contributed by atoms with E-state index in [1.54, 1.807) is 30.3 Å². The van der Waals surface area contributed by atoms with Gasteiger partial charge in [-0.05, 0) is 74.1 Å². The highest BCUT2D eigenvalue weighted by Gasteiger charge is 2.34. The van der Waals surface area contributed by atoms with E-state index < -0.39 is 11.8 Å². The molecule has 1 aliphatic rings. The van der Waals surface area contributed by atoms with Crippen LogP contribution in [0, 0.1) is 13.8 Å². The minimum Gasteiger partial charge on any atom is -0.318 e. The van der Waals surface area contributed by atoms with Crippen LogP contribution in [0.25, 0.3) is 11.8 Å². The predicted molar refractivity (Wildman–Crippen MR) is 123 cm³/mol. The second-order valence-corrected chi connectivity index (χ2v) is 7.76. The normalized spacial score (nSPS) is 15.6. The van der Waals surface area contributed by atoms with Gasteiger partial charge in [0, 0.05) is 22.1 Å². The number of benzene rings is 2. The SMILES string of the molecule is Cc1cc(/C=C2\C(=O)NC(=S)N(c3cccc(Cl)c3)C2=O)c(C)n1-c1ccccc1. The second kappa shape index (κ2) is 7.89. The third-order valence-electron chi connectivity index (χ3n) is 4.95. The van der Waals surface area contributed by atoms with Gasteiger partial charge in [-0.3, -0.25) is 19.8 Å². The Morgan fingerprint density at radius 3 is 2.37 bits per heavy atom. The fraction of sp³-hybridized carbons (Fsp3) is 0.0870. The summed E-state index contributed by atoms with van der Waals surface area (Å²) < 4.78 is 2.08. The zero-order chi connectivity index (χ0) is 21.4. The number of carbonyl (C=O) groups is 2. The molecule has 0 atom stereocenters. The van der Waals surface area contributed by atoms with Gasteiger partial charge in [0.1, 0.15) is 5.57 Å². The fourth-order valence-electron chi connectivity index (χ4n) is 3.57. The van der Waals surface area contributed by atoms with Gasteiger partial charge in [0.25, 0.3) is 11.8 Å². The minimum absolute atomic E-state index is 0.0110. The summed E-state index contributed by atoms with van der Waals surface area (Å²) in [6.07, 6.45) is 1.61. The number of hydrogen-bond donors (Lipinski definition) is 1. The number of halogens is 1. The highest BCUT2D eigenvalue weighted by molar-refractivity contribution is 7.80. The summed E-state index contributed by atoms with van der Waals surface area (Å²) in [7, 11) is 0. The lowest BCUT2D eigenvalue weighted by Gasteiger charge is -2.29. The largest absolute Gasteiger partial charge is 0.318 e. The van der Waals surface area contributed by atoms with Crippen molar-refractivity contribution in [2.75, 3.05) is 4.90 Å². The number of nitrogens with zero attached hydrogens (tertiary/aromatic N) is 2. The molecular formula is C23H18ClN3O2S. The summed E-state index contributed by atoms with van der Waals surface area (Å²) in [4.78, 5) is 27.1. The van der Waals surface area contributed by atoms with Gasteiger partial charge in [-0.1, -0.05) is 35.9 Å². The van der Waals surface area contributed by atoms with E-state index in [9.17, 15) is 9.59 Å². The van der Waals surface area contributed by atoms with E-state index in [1.807, 2.05) is 50.2 Å². The standard InChI is InChI=1S/C23H18ClN3O2S/c1-14-11-16(15(2)26(14)18-8-4-3-5-9-18)12-20-21(28)25-23(30)27(22(20)29)19-10-6-7-17(24)13-19/h3-13H,1-2H3,(H,25,28,30)/b20-12+. The van der Waals surface area contributed by atoms with E-state index >= 15 is 0 Å². The Balaban J connectivity index is 1.77. The van der Waals surface area contributed by atoms with E-state index in [0.29, 0.717) is 10.7 Å². The number of thiocarbonyl (C=S) groups is 1. The highest BCUT2D eigenvalue weighted by Crippen LogP contribution is 2.27. The summed E-state index contributed by atoms with van der Waals surface area (Å²) in [5.74, 6) is -1.01. The minimum atomic E-state index is -0.521. The van der Waals surface area contributed by atoms with E-state index in [1.165, 1.54) is 4.90 Å². The molecular weight excluding hydrogens is 418 g/mol.